The van der Waals surface area contributed by atoms with Crippen molar-refractivity contribution in [3.8, 4) is 11.6 Å². The lowest BCUT2D eigenvalue weighted by Crippen LogP contribution is -2.26. The number of H-pyrrole nitrogens is 1. The molecule has 3 heterocycles. The number of carboxylic acid groups (broad SMARTS) is 1. The lowest BCUT2D eigenvalue weighted by atomic mass is 9.81. The number of pyridine rings is 2. The monoisotopic (exact) mass is 425 g/mol. The number of nitrogens with one attached hydrogen (secondary N) is 1. The molecule has 4 N–H and O–H groups in total. The quantitative estimate of drug-likeness (QED) is 0.445. The van der Waals surface area contributed by atoms with Gasteiger partial charge in [0, 0.05) is 24.2 Å². The lowest BCUT2D eigenvalue weighted by molar-refractivity contribution is -0.143. The van der Waals surface area contributed by atoms with Crippen LogP contribution in [0.3, 0.4) is 0 Å². The molecular formula is C21H27N7O3. The largest absolute Gasteiger partial charge is 0.481 e. The third kappa shape index (κ3) is 6.05. The number of carboxylic acids is 1. The first-order valence-corrected chi connectivity index (χ1v) is 10.1. The average Bonchev–Trinajstić information content (AvgIpc) is 3.26. The van der Waals surface area contributed by atoms with Gasteiger partial charge < -0.3 is 15.6 Å². The van der Waals surface area contributed by atoms with E-state index in [1.165, 1.54) is 0 Å². The highest BCUT2D eigenvalue weighted by Gasteiger charge is 2.33. The zero-order valence-electron chi connectivity index (χ0n) is 17.8. The van der Waals surface area contributed by atoms with Crippen LogP contribution in [0.25, 0.3) is 0 Å². The highest BCUT2D eigenvalue weighted by molar-refractivity contribution is 5.71. The van der Waals surface area contributed by atoms with E-state index in [1.807, 2.05) is 32.9 Å². The minimum Gasteiger partial charge on any atom is -0.481 e. The van der Waals surface area contributed by atoms with Crippen LogP contribution < -0.4 is 10.5 Å². The highest BCUT2D eigenvalue weighted by Crippen LogP contribution is 2.31. The van der Waals surface area contributed by atoms with Crippen LogP contribution in [0.5, 0.6) is 11.6 Å². The van der Waals surface area contributed by atoms with Gasteiger partial charge >= 0.3 is 5.97 Å². The predicted molar refractivity (Wildman–Crippen MR) is 112 cm³/mol. The summed E-state index contributed by atoms with van der Waals surface area (Å²) in [6, 6.07) is 7.04. The van der Waals surface area contributed by atoms with E-state index in [-0.39, 0.29) is 12.0 Å². The van der Waals surface area contributed by atoms with E-state index in [4.69, 9.17) is 10.5 Å². The zero-order chi connectivity index (χ0) is 22.4. The van der Waals surface area contributed by atoms with Gasteiger partial charge in [-0.15, -0.1) is 10.2 Å². The van der Waals surface area contributed by atoms with Gasteiger partial charge in [0.15, 0.2) is 5.82 Å². The van der Waals surface area contributed by atoms with E-state index in [9.17, 15) is 9.90 Å². The molecule has 0 fully saturated rings. The molecule has 0 spiro atoms. The first-order chi connectivity index (χ1) is 14.8. The maximum absolute atomic E-state index is 11.9. The molecule has 1 unspecified atom stereocenters. The zero-order valence-corrected chi connectivity index (χ0v) is 17.8. The van der Waals surface area contributed by atoms with E-state index in [2.05, 4.69) is 30.6 Å². The third-order valence-corrected chi connectivity index (χ3v) is 4.92. The maximum Gasteiger partial charge on any atom is 0.307 e. The number of nitrogens with zero attached hydrogens (tertiary/aromatic N) is 5. The summed E-state index contributed by atoms with van der Waals surface area (Å²) in [4.78, 5) is 20.6. The number of hydrogen-bond acceptors (Lipinski definition) is 8. The summed E-state index contributed by atoms with van der Waals surface area (Å²) in [7, 11) is 0. The Balaban J connectivity index is 1.74. The van der Waals surface area contributed by atoms with Gasteiger partial charge in [-0.25, -0.2) is 4.98 Å². The molecule has 3 aromatic heterocycles. The molecule has 0 radical (unpaired) electrons. The van der Waals surface area contributed by atoms with Crippen LogP contribution in [-0.4, -0.2) is 41.7 Å². The molecule has 0 saturated carbocycles. The number of carbonyl (C=O) groups is 1. The third-order valence-electron chi connectivity index (χ3n) is 4.92. The molecule has 10 heteroatoms. The van der Waals surface area contributed by atoms with Gasteiger partial charge in [-0.05, 0) is 43.4 Å². The lowest BCUT2D eigenvalue weighted by Gasteiger charge is -2.23. The van der Waals surface area contributed by atoms with Crippen molar-refractivity contribution >= 4 is 5.97 Å². The normalized spacial score (nSPS) is 14.2. The molecule has 0 bridgehead atoms. The molecule has 3 aromatic rings. The first kappa shape index (κ1) is 22.3. The van der Waals surface area contributed by atoms with Crippen molar-refractivity contribution in [1.82, 2.24) is 30.6 Å². The molecule has 0 amide bonds. The Labute approximate surface area is 180 Å². The number of rotatable bonds is 10. The fourth-order valence-corrected chi connectivity index (χ4v) is 3.37. The second kappa shape index (κ2) is 10.1. The molecule has 10 nitrogen and oxygen atoms in total. The summed E-state index contributed by atoms with van der Waals surface area (Å²) in [5, 5.41) is 23.9. The number of aliphatic carboxylic acids is 1. The van der Waals surface area contributed by atoms with E-state index in [0.717, 1.165) is 11.3 Å². The summed E-state index contributed by atoms with van der Waals surface area (Å²) in [6.45, 7) is 5.85. The van der Waals surface area contributed by atoms with Gasteiger partial charge in [-0.2, -0.15) is 5.21 Å². The summed E-state index contributed by atoms with van der Waals surface area (Å²) in [6.07, 6.45) is 4.19. The maximum atomic E-state index is 11.9. The Morgan fingerprint density at radius 3 is 2.48 bits per heavy atom. The second-order valence-corrected chi connectivity index (χ2v) is 7.97. The van der Waals surface area contributed by atoms with Gasteiger partial charge in [0.1, 0.15) is 5.75 Å². The van der Waals surface area contributed by atoms with E-state index in [1.54, 1.807) is 24.5 Å². The van der Waals surface area contributed by atoms with Crippen molar-refractivity contribution in [2.24, 2.45) is 17.6 Å². The molecular weight excluding hydrogens is 398 g/mol. The Kier molecular flexibility index (Phi) is 7.24. The van der Waals surface area contributed by atoms with E-state index >= 15 is 0 Å². The standard InChI is InChI=1S/C21H27N7O3/c1-12(2)8-17(21(29)30)16(20-25-27-28-26-20)9-14-4-7-19(24-10-14)31-15-5-6-18(13(3)22)23-11-15/h4-7,10-13,16-17H,8-9,22H2,1-3H3,(H,29,30)(H,25,26,27,28)/t13?,16-,17-/m0/s1. The summed E-state index contributed by atoms with van der Waals surface area (Å²) in [5.41, 5.74) is 7.43. The molecule has 0 aliphatic carbocycles. The van der Waals surface area contributed by atoms with Gasteiger partial charge in [0.05, 0.1) is 17.8 Å². The van der Waals surface area contributed by atoms with Crippen molar-refractivity contribution < 1.29 is 14.6 Å². The predicted octanol–water partition coefficient (Wildman–Crippen LogP) is 2.87. The van der Waals surface area contributed by atoms with Crippen molar-refractivity contribution in [2.75, 3.05) is 0 Å². The van der Waals surface area contributed by atoms with Gasteiger partial charge in [-0.1, -0.05) is 25.1 Å². The van der Waals surface area contributed by atoms with Crippen LogP contribution in [0.1, 0.15) is 56.2 Å². The number of tetrazole rings is 1. The number of ether oxygens (including phenoxy) is 1. The summed E-state index contributed by atoms with van der Waals surface area (Å²) in [5.74, 6) is -0.380. The fourth-order valence-electron chi connectivity index (χ4n) is 3.37. The van der Waals surface area contributed by atoms with Crippen LogP contribution in [0, 0.1) is 11.8 Å². The van der Waals surface area contributed by atoms with Crippen LogP contribution in [0.4, 0.5) is 0 Å². The minimum absolute atomic E-state index is 0.149. The smallest absolute Gasteiger partial charge is 0.307 e. The Morgan fingerprint density at radius 1 is 1.16 bits per heavy atom. The van der Waals surface area contributed by atoms with Gasteiger partial charge in [0.2, 0.25) is 5.88 Å². The number of nitrogens with two attached hydrogens (primary N) is 1. The van der Waals surface area contributed by atoms with Crippen LogP contribution in [0.2, 0.25) is 0 Å². The topological polar surface area (TPSA) is 153 Å². The van der Waals surface area contributed by atoms with Crippen molar-refractivity contribution in [2.45, 2.75) is 45.6 Å². The Bertz CT molecular complexity index is 958. The first-order valence-electron chi connectivity index (χ1n) is 10.1. The summed E-state index contributed by atoms with van der Waals surface area (Å²) >= 11 is 0. The van der Waals surface area contributed by atoms with Crippen LogP contribution >= 0.6 is 0 Å². The highest BCUT2D eigenvalue weighted by atomic mass is 16.5. The summed E-state index contributed by atoms with van der Waals surface area (Å²) < 4.78 is 5.74. The van der Waals surface area contributed by atoms with Crippen LogP contribution in [-0.2, 0) is 11.2 Å². The van der Waals surface area contributed by atoms with Crippen molar-refractivity contribution in [3.05, 3.63) is 53.7 Å². The second-order valence-electron chi connectivity index (χ2n) is 7.97. The number of aromatic amines is 1. The Hall–Kier alpha value is -3.40. The number of aromatic nitrogens is 6. The molecule has 3 atom stereocenters. The SMILES string of the molecule is CC(C)C[C@H](C(=O)O)[C@H](Cc1ccc(Oc2ccc(C(C)N)nc2)nc1)c1nn[nH]n1. The molecule has 0 saturated heterocycles. The molecule has 0 aliphatic rings. The van der Waals surface area contributed by atoms with Crippen molar-refractivity contribution in [3.63, 3.8) is 0 Å². The molecule has 164 valence electrons. The molecule has 3 rings (SSSR count). The average molecular weight is 425 g/mol. The number of hydrogen-bond donors (Lipinski definition) is 3. The minimum atomic E-state index is -0.876. The molecule has 0 aliphatic heterocycles. The molecule has 31 heavy (non-hydrogen) atoms. The Morgan fingerprint density at radius 2 is 1.97 bits per heavy atom. The van der Waals surface area contributed by atoms with Gasteiger partial charge in [-0.3, -0.25) is 9.78 Å². The fraction of sp³-hybridized carbons (Fsp3) is 0.429. The van der Waals surface area contributed by atoms with Crippen LogP contribution in [0.15, 0.2) is 36.7 Å². The van der Waals surface area contributed by atoms with Gasteiger partial charge in [0.25, 0.3) is 0 Å². The van der Waals surface area contributed by atoms with Crippen molar-refractivity contribution in [1.29, 1.82) is 0 Å². The van der Waals surface area contributed by atoms with E-state index < -0.39 is 17.8 Å². The van der Waals surface area contributed by atoms with E-state index in [0.29, 0.717) is 30.3 Å². The molecule has 0 aromatic carbocycles.